The molecule has 1 atom stereocenters. The van der Waals surface area contributed by atoms with Gasteiger partial charge in [-0.05, 0) is 31.6 Å². The summed E-state index contributed by atoms with van der Waals surface area (Å²) in [6, 6.07) is 9.36. The third-order valence-corrected chi connectivity index (χ3v) is 6.06. The van der Waals surface area contributed by atoms with Crippen LogP contribution in [0.1, 0.15) is 34.3 Å². The van der Waals surface area contributed by atoms with Crippen molar-refractivity contribution in [3.05, 3.63) is 70.9 Å². The Balaban J connectivity index is 1.47. The molecule has 0 aliphatic carbocycles. The number of carbonyl (C=O) groups excluding carboxylic acids is 3. The molecule has 0 fully saturated rings. The molecule has 2 aliphatic heterocycles. The second-order valence-electron chi connectivity index (χ2n) is 7.33. The number of thiazole rings is 1. The average Bonchev–Trinajstić information content (AvgIpc) is 3.12. The Morgan fingerprint density at radius 3 is 2.81 bits per heavy atom. The molecule has 1 unspecified atom stereocenters. The van der Waals surface area contributed by atoms with E-state index < -0.39 is 17.4 Å². The molecular weight excluding hydrogens is 416 g/mol. The third kappa shape index (κ3) is 4.17. The summed E-state index contributed by atoms with van der Waals surface area (Å²) < 4.78 is 5.37. The fourth-order valence-corrected chi connectivity index (χ4v) is 4.19. The second kappa shape index (κ2) is 8.27. The summed E-state index contributed by atoms with van der Waals surface area (Å²) in [4.78, 5) is 48.0. The maximum absolute atomic E-state index is 13.1. The van der Waals surface area contributed by atoms with Gasteiger partial charge in [0.1, 0.15) is 22.9 Å². The van der Waals surface area contributed by atoms with Gasteiger partial charge in [-0.2, -0.15) is 4.99 Å². The van der Waals surface area contributed by atoms with Crippen molar-refractivity contribution >= 4 is 40.1 Å². The van der Waals surface area contributed by atoms with E-state index in [2.05, 4.69) is 15.3 Å². The molecule has 2 aliphatic rings. The zero-order valence-corrected chi connectivity index (χ0v) is 17.8. The number of aliphatic imine (C=N–C) groups is 1. The summed E-state index contributed by atoms with van der Waals surface area (Å²) in [6.07, 6.45) is 6.84. The maximum Gasteiger partial charge on any atom is 0.350 e. The molecule has 1 aromatic heterocycles. The molecule has 1 aromatic carbocycles. The van der Waals surface area contributed by atoms with E-state index >= 15 is 0 Å². The Labute approximate surface area is 183 Å². The summed E-state index contributed by atoms with van der Waals surface area (Å²) in [6.45, 7) is 3.50. The molecule has 3 heterocycles. The number of hydrogen-bond acceptors (Lipinski definition) is 7. The number of nitrogens with one attached hydrogen (secondary N) is 1. The molecule has 2 amide bonds. The molecule has 1 N–H and O–H groups in total. The minimum absolute atomic E-state index is 0.0726. The molecule has 8 nitrogen and oxygen atoms in total. The number of anilines is 1. The lowest BCUT2D eigenvalue weighted by atomic mass is 9.91. The smallest absolute Gasteiger partial charge is 0.350 e. The van der Waals surface area contributed by atoms with Gasteiger partial charge in [0.25, 0.3) is 11.8 Å². The van der Waals surface area contributed by atoms with Crippen molar-refractivity contribution in [2.75, 3.05) is 5.32 Å². The molecule has 0 saturated heterocycles. The van der Waals surface area contributed by atoms with Crippen LogP contribution in [0.25, 0.3) is 0 Å². The van der Waals surface area contributed by atoms with Gasteiger partial charge in [0, 0.05) is 6.20 Å². The van der Waals surface area contributed by atoms with Gasteiger partial charge >= 0.3 is 5.97 Å². The van der Waals surface area contributed by atoms with Gasteiger partial charge in [-0.15, -0.1) is 0 Å². The minimum Gasteiger partial charge on any atom is -0.457 e. The van der Waals surface area contributed by atoms with E-state index in [0.717, 1.165) is 16.9 Å². The monoisotopic (exact) mass is 436 g/mol. The summed E-state index contributed by atoms with van der Waals surface area (Å²) in [5, 5.41) is 3.02. The Hall–Kier alpha value is -3.59. The summed E-state index contributed by atoms with van der Waals surface area (Å²) in [5.41, 5.74) is 0.178. The Morgan fingerprint density at radius 2 is 2.03 bits per heavy atom. The largest absolute Gasteiger partial charge is 0.457 e. The van der Waals surface area contributed by atoms with Gasteiger partial charge < -0.3 is 9.64 Å². The highest BCUT2D eigenvalue weighted by Crippen LogP contribution is 2.31. The van der Waals surface area contributed by atoms with Crippen LogP contribution in [0.4, 0.5) is 5.13 Å². The number of esters is 1. The molecule has 2 aromatic rings. The first-order valence-corrected chi connectivity index (χ1v) is 10.4. The second-order valence-corrected chi connectivity index (χ2v) is 8.33. The van der Waals surface area contributed by atoms with Crippen LogP contribution in [0.5, 0.6) is 0 Å². The van der Waals surface area contributed by atoms with Crippen LogP contribution in [0.15, 0.2) is 59.8 Å². The standard InChI is InChI=1S/C22H20N4O4S/c1-14-18(19(28)30-13-15-8-4-3-5-9-15)31-21(23-14)25-20(29)22(2)12-17(27)24-16-10-6-7-11-26(16)22/h3-11H,12-13H2,1-2H3,(H,23,25,29). The molecule has 0 bridgehead atoms. The highest BCUT2D eigenvalue weighted by atomic mass is 32.1. The van der Waals surface area contributed by atoms with Crippen LogP contribution < -0.4 is 5.32 Å². The fourth-order valence-electron chi connectivity index (χ4n) is 3.34. The number of ether oxygens (including phenoxy) is 1. The van der Waals surface area contributed by atoms with Crippen molar-refractivity contribution in [2.24, 2.45) is 4.99 Å². The average molecular weight is 436 g/mol. The normalized spacial score (nSPS) is 19.6. The number of carbonyl (C=O) groups is 3. The third-order valence-electron chi connectivity index (χ3n) is 5.01. The van der Waals surface area contributed by atoms with Crippen LogP contribution in [0, 0.1) is 6.92 Å². The molecule has 9 heteroatoms. The molecular formula is C22H20N4O4S. The highest BCUT2D eigenvalue weighted by molar-refractivity contribution is 7.17. The van der Waals surface area contributed by atoms with Crippen LogP contribution in [0.3, 0.4) is 0 Å². The van der Waals surface area contributed by atoms with Crippen LogP contribution in [-0.4, -0.2) is 39.0 Å². The van der Waals surface area contributed by atoms with E-state index in [-0.39, 0.29) is 24.1 Å². The highest BCUT2D eigenvalue weighted by Gasteiger charge is 2.45. The number of amides is 2. The molecule has 0 radical (unpaired) electrons. The molecule has 158 valence electrons. The van der Waals surface area contributed by atoms with Gasteiger partial charge in [-0.25, -0.2) is 9.78 Å². The molecule has 31 heavy (non-hydrogen) atoms. The van der Waals surface area contributed by atoms with Crippen LogP contribution in [0.2, 0.25) is 0 Å². The SMILES string of the molecule is Cc1nc(NC(=O)C2(C)CC(=O)N=C3C=CC=CN32)sc1C(=O)OCc1ccccc1. The van der Waals surface area contributed by atoms with Crippen molar-refractivity contribution in [3.63, 3.8) is 0 Å². The Kier molecular flexibility index (Phi) is 5.51. The van der Waals surface area contributed by atoms with E-state index in [4.69, 9.17) is 4.74 Å². The zero-order valence-electron chi connectivity index (χ0n) is 17.0. The predicted octanol–water partition coefficient (Wildman–Crippen LogP) is 3.22. The van der Waals surface area contributed by atoms with Crippen molar-refractivity contribution in [1.82, 2.24) is 9.88 Å². The number of rotatable bonds is 5. The van der Waals surface area contributed by atoms with Gasteiger partial charge in [0.2, 0.25) is 0 Å². The maximum atomic E-state index is 13.1. The van der Waals surface area contributed by atoms with Crippen molar-refractivity contribution < 1.29 is 19.1 Å². The quantitative estimate of drug-likeness (QED) is 0.723. The summed E-state index contributed by atoms with van der Waals surface area (Å²) >= 11 is 1.04. The lowest BCUT2D eigenvalue weighted by Gasteiger charge is -2.41. The predicted molar refractivity (Wildman–Crippen MR) is 117 cm³/mol. The van der Waals surface area contributed by atoms with Gasteiger partial charge in [-0.3, -0.25) is 14.9 Å². The Morgan fingerprint density at radius 1 is 1.26 bits per heavy atom. The van der Waals surface area contributed by atoms with Crippen molar-refractivity contribution in [3.8, 4) is 0 Å². The number of fused-ring (bicyclic) bond motifs is 1. The number of aromatic nitrogens is 1. The molecule has 0 spiro atoms. The van der Waals surface area contributed by atoms with Crippen LogP contribution >= 0.6 is 11.3 Å². The van der Waals surface area contributed by atoms with Gasteiger partial charge in [0.05, 0.1) is 12.1 Å². The van der Waals surface area contributed by atoms with Gasteiger partial charge in [-0.1, -0.05) is 47.7 Å². The number of aryl methyl sites for hydroxylation is 1. The summed E-state index contributed by atoms with van der Waals surface area (Å²) in [5.74, 6) is -0.871. The lowest BCUT2D eigenvalue weighted by Crippen LogP contribution is -2.58. The number of nitrogens with zero attached hydrogens (tertiary/aromatic N) is 3. The number of amidine groups is 1. The molecule has 4 rings (SSSR count). The van der Waals surface area contributed by atoms with E-state index in [1.54, 1.807) is 43.2 Å². The zero-order chi connectivity index (χ0) is 22.0. The fraction of sp³-hybridized carbons (Fsp3) is 0.227. The van der Waals surface area contributed by atoms with E-state index in [0.29, 0.717) is 16.4 Å². The first-order chi connectivity index (χ1) is 14.9. The number of hydrogen-bond donors (Lipinski definition) is 1. The Bertz CT molecular complexity index is 1140. The van der Waals surface area contributed by atoms with Crippen molar-refractivity contribution in [1.29, 1.82) is 0 Å². The van der Waals surface area contributed by atoms with E-state index in [1.807, 2.05) is 30.3 Å². The van der Waals surface area contributed by atoms with Crippen LogP contribution in [-0.2, 0) is 20.9 Å². The lowest BCUT2D eigenvalue weighted by molar-refractivity contribution is -0.130. The first kappa shape index (κ1) is 20.7. The van der Waals surface area contributed by atoms with Gasteiger partial charge in [0.15, 0.2) is 5.13 Å². The number of allylic oxidation sites excluding steroid dienone is 2. The minimum atomic E-state index is -1.16. The number of benzene rings is 1. The topological polar surface area (TPSA) is 101 Å². The van der Waals surface area contributed by atoms with E-state index in [1.165, 1.54) is 0 Å². The van der Waals surface area contributed by atoms with Crippen molar-refractivity contribution in [2.45, 2.75) is 32.4 Å². The first-order valence-electron chi connectivity index (χ1n) is 9.62. The van der Waals surface area contributed by atoms with E-state index in [9.17, 15) is 14.4 Å². The summed E-state index contributed by atoms with van der Waals surface area (Å²) in [7, 11) is 0. The molecule has 0 saturated carbocycles.